The van der Waals surface area contributed by atoms with Gasteiger partial charge in [-0.2, -0.15) is 0 Å². The smallest absolute Gasteiger partial charge is 0.174 e. The molecule has 1 aromatic rings. The summed E-state index contributed by atoms with van der Waals surface area (Å²) < 4.78 is 12.8. The number of likely N-dealkylation sites (tertiary alicyclic amines) is 1. The van der Waals surface area contributed by atoms with Crippen LogP contribution in [0.2, 0.25) is 0 Å². The predicted molar refractivity (Wildman–Crippen MR) is 110 cm³/mol. The standard InChI is InChI=1S/C24H31NO5/c1-14(2)13-29-24-8-7-18(27)22-23(24)9-10-25(28,12-15-3-4-15)19(24)11-16-5-6-17(26)21(30-22)20(16)23/h5-6,14-15,19,22,26H,3-4,7-13H2,1-2H3/t19-,22?,23+,24?,25?/m1/s1. The third-order valence-electron chi connectivity index (χ3n) is 8.49. The van der Waals surface area contributed by atoms with Crippen molar-refractivity contribution in [3.63, 3.8) is 0 Å². The molecule has 2 saturated carbocycles. The fraction of sp³-hybridized carbons (Fsp3) is 0.708. The lowest BCUT2D eigenvalue weighted by Crippen LogP contribution is -2.81. The Morgan fingerprint density at radius 2 is 2.13 bits per heavy atom. The van der Waals surface area contributed by atoms with Crippen LogP contribution in [0.1, 0.15) is 57.1 Å². The van der Waals surface area contributed by atoms with Crippen LogP contribution in [-0.2, 0) is 21.4 Å². The van der Waals surface area contributed by atoms with Crippen molar-refractivity contribution >= 4 is 5.78 Å². The second kappa shape index (κ2) is 5.99. The number of ketones is 1. The molecular formula is C24H31NO5. The maximum Gasteiger partial charge on any atom is 0.174 e. The van der Waals surface area contributed by atoms with E-state index in [4.69, 9.17) is 9.47 Å². The van der Waals surface area contributed by atoms with E-state index in [9.17, 15) is 15.1 Å². The summed E-state index contributed by atoms with van der Waals surface area (Å²) in [5.41, 5.74) is 0.650. The van der Waals surface area contributed by atoms with E-state index in [0.717, 1.165) is 24.0 Å². The number of hydrogen-bond acceptors (Lipinski definition) is 5. The van der Waals surface area contributed by atoms with Crippen LogP contribution in [-0.4, -0.2) is 53.0 Å². The Morgan fingerprint density at radius 3 is 2.87 bits per heavy atom. The number of hydroxylamine groups is 3. The van der Waals surface area contributed by atoms with Gasteiger partial charge in [0, 0.05) is 37.4 Å². The number of rotatable bonds is 5. The molecule has 3 fully saturated rings. The van der Waals surface area contributed by atoms with E-state index in [-0.39, 0.29) is 22.2 Å². The van der Waals surface area contributed by atoms with Gasteiger partial charge in [0.1, 0.15) is 11.6 Å². The SMILES string of the molecule is CC(C)COC12CCC(=O)C3Oc4c(O)ccc5c4[C@@]31CC[N+]([O-])(CC1CC1)[C@@H]2C5. The minimum Gasteiger partial charge on any atom is -0.632 e. The second-order valence-corrected chi connectivity index (χ2v) is 10.7. The summed E-state index contributed by atoms with van der Waals surface area (Å²) in [5, 5.41) is 25.0. The molecule has 5 aliphatic rings. The number of carbonyl (C=O) groups excluding carboxylic acids is 1. The largest absolute Gasteiger partial charge is 0.632 e. The number of benzene rings is 1. The maximum absolute atomic E-state index is 14.4. The first-order valence-electron chi connectivity index (χ1n) is 11.6. The number of ether oxygens (including phenoxy) is 2. The number of piperidine rings is 1. The average Bonchev–Trinajstić information content (AvgIpc) is 3.43. The number of phenolic OH excluding ortho intramolecular Hbond substituents is 1. The first-order chi connectivity index (χ1) is 14.3. The Morgan fingerprint density at radius 1 is 1.33 bits per heavy atom. The van der Waals surface area contributed by atoms with Crippen LogP contribution in [0, 0.1) is 17.0 Å². The van der Waals surface area contributed by atoms with Crippen LogP contribution in [0.3, 0.4) is 0 Å². The molecule has 162 valence electrons. The minimum absolute atomic E-state index is 0.0778. The van der Waals surface area contributed by atoms with Gasteiger partial charge in [0.15, 0.2) is 23.4 Å². The highest BCUT2D eigenvalue weighted by Gasteiger charge is 2.77. The molecule has 0 radical (unpaired) electrons. The molecule has 1 N–H and O–H groups in total. The van der Waals surface area contributed by atoms with Crippen molar-refractivity contribution in [2.75, 3.05) is 19.7 Å². The highest BCUT2D eigenvalue weighted by molar-refractivity contribution is 5.90. The van der Waals surface area contributed by atoms with Crippen molar-refractivity contribution in [1.82, 2.24) is 0 Å². The zero-order valence-electron chi connectivity index (χ0n) is 17.9. The quantitative estimate of drug-likeness (QED) is 0.592. The molecule has 1 spiro atoms. The fourth-order valence-corrected chi connectivity index (χ4v) is 7.12. The van der Waals surface area contributed by atoms with Gasteiger partial charge in [0.25, 0.3) is 0 Å². The number of aromatic hydroxyl groups is 1. The Bertz CT molecular complexity index is 926. The van der Waals surface area contributed by atoms with Crippen LogP contribution in [0.5, 0.6) is 11.5 Å². The third-order valence-corrected chi connectivity index (χ3v) is 8.49. The second-order valence-electron chi connectivity index (χ2n) is 10.7. The van der Waals surface area contributed by atoms with Gasteiger partial charge < -0.3 is 24.4 Å². The minimum atomic E-state index is -0.712. The Balaban J connectivity index is 1.58. The number of quaternary nitrogens is 1. The monoisotopic (exact) mass is 413 g/mol. The molecule has 1 aromatic carbocycles. The third kappa shape index (κ3) is 2.22. The summed E-state index contributed by atoms with van der Waals surface area (Å²) >= 11 is 0. The lowest BCUT2D eigenvalue weighted by atomic mass is 9.48. The van der Waals surface area contributed by atoms with Gasteiger partial charge in [-0.1, -0.05) is 19.9 Å². The molecule has 6 nitrogen and oxygen atoms in total. The van der Waals surface area contributed by atoms with Crippen LogP contribution in [0.15, 0.2) is 12.1 Å². The van der Waals surface area contributed by atoms with E-state index in [1.807, 2.05) is 6.07 Å². The lowest BCUT2D eigenvalue weighted by Gasteiger charge is -2.68. The summed E-state index contributed by atoms with van der Waals surface area (Å²) in [5.74, 6) is 1.48. The normalized spacial score (nSPS) is 41.0. The molecule has 0 amide bonds. The highest BCUT2D eigenvalue weighted by Crippen LogP contribution is 2.67. The van der Waals surface area contributed by atoms with Crippen LogP contribution >= 0.6 is 0 Å². The van der Waals surface area contributed by atoms with Crippen molar-refractivity contribution < 1.29 is 24.0 Å². The van der Waals surface area contributed by atoms with E-state index in [1.54, 1.807) is 6.07 Å². The molecule has 30 heavy (non-hydrogen) atoms. The first-order valence-corrected chi connectivity index (χ1v) is 11.6. The summed E-state index contributed by atoms with van der Waals surface area (Å²) in [6, 6.07) is 3.37. The molecule has 3 unspecified atom stereocenters. The van der Waals surface area contributed by atoms with Crippen molar-refractivity contribution in [3.8, 4) is 11.5 Å². The van der Waals surface area contributed by atoms with Gasteiger partial charge in [0.2, 0.25) is 0 Å². The molecule has 0 aromatic heterocycles. The average molecular weight is 414 g/mol. The van der Waals surface area contributed by atoms with Gasteiger partial charge in [-0.3, -0.25) is 4.79 Å². The number of nitrogens with zero attached hydrogens (tertiary/aromatic N) is 1. The molecule has 5 atom stereocenters. The van der Waals surface area contributed by atoms with Crippen molar-refractivity contribution in [2.45, 2.75) is 75.5 Å². The van der Waals surface area contributed by atoms with Crippen LogP contribution in [0.4, 0.5) is 0 Å². The predicted octanol–water partition coefficient (Wildman–Crippen LogP) is 3.22. The summed E-state index contributed by atoms with van der Waals surface area (Å²) in [6.45, 7) is 5.96. The van der Waals surface area contributed by atoms with E-state index in [2.05, 4.69) is 13.8 Å². The molecule has 2 bridgehead atoms. The van der Waals surface area contributed by atoms with E-state index in [0.29, 0.717) is 63.0 Å². The van der Waals surface area contributed by atoms with Crippen LogP contribution < -0.4 is 4.74 Å². The van der Waals surface area contributed by atoms with Gasteiger partial charge in [-0.15, -0.1) is 0 Å². The van der Waals surface area contributed by atoms with Crippen LogP contribution in [0.25, 0.3) is 0 Å². The van der Waals surface area contributed by atoms with E-state index >= 15 is 0 Å². The maximum atomic E-state index is 14.4. The van der Waals surface area contributed by atoms with Crippen molar-refractivity contribution in [3.05, 3.63) is 28.5 Å². The Kier molecular flexibility index (Phi) is 3.81. The molecule has 2 aliphatic heterocycles. The van der Waals surface area contributed by atoms with Crippen molar-refractivity contribution in [1.29, 1.82) is 0 Å². The van der Waals surface area contributed by atoms with Gasteiger partial charge in [-0.05, 0) is 36.8 Å². The highest BCUT2D eigenvalue weighted by atomic mass is 16.6. The molecule has 6 rings (SSSR count). The Labute approximate surface area is 177 Å². The number of carbonyl (C=O) groups is 1. The number of hydrogen-bond donors (Lipinski definition) is 1. The van der Waals surface area contributed by atoms with Gasteiger partial charge in [0.05, 0.1) is 18.5 Å². The Hall–Kier alpha value is -1.63. The zero-order chi connectivity index (χ0) is 20.9. The molecule has 1 saturated heterocycles. The summed E-state index contributed by atoms with van der Waals surface area (Å²) in [6.07, 6.45) is 3.80. The molecule has 6 heteroatoms. The van der Waals surface area contributed by atoms with E-state index < -0.39 is 17.1 Å². The zero-order valence-corrected chi connectivity index (χ0v) is 17.9. The van der Waals surface area contributed by atoms with Gasteiger partial charge in [-0.25, -0.2) is 0 Å². The lowest BCUT2D eigenvalue weighted by molar-refractivity contribution is -0.924. The van der Waals surface area contributed by atoms with Gasteiger partial charge >= 0.3 is 0 Å². The molecular weight excluding hydrogens is 382 g/mol. The molecule has 3 aliphatic carbocycles. The first kappa shape index (κ1) is 19.1. The van der Waals surface area contributed by atoms with Crippen molar-refractivity contribution in [2.24, 2.45) is 11.8 Å². The number of Topliss-reactive ketones (excluding diaryl/α,β-unsaturated/α-hetero) is 1. The molecule has 2 heterocycles. The van der Waals surface area contributed by atoms with E-state index in [1.165, 1.54) is 0 Å². The summed E-state index contributed by atoms with van der Waals surface area (Å²) in [7, 11) is 0. The topological polar surface area (TPSA) is 78.8 Å². The fourth-order valence-electron chi connectivity index (χ4n) is 7.12. The number of phenols is 1. The summed E-state index contributed by atoms with van der Waals surface area (Å²) in [4.78, 5) is 13.1.